The Hall–Kier alpha value is -3.17. The molecular weight excluding hydrogens is 558 g/mol. The van der Waals surface area contributed by atoms with Crippen LogP contribution < -0.4 is 5.32 Å². The lowest BCUT2D eigenvalue weighted by Gasteiger charge is -2.32. The third-order valence-electron chi connectivity index (χ3n) is 6.67. The minimum absolute atomic E-state index is 0.00279. The molecule has 2 aromatic carbocycles. The summed E-state index contributed by atoms with van der Waals surface area (Å²) in [5.41, 5.74) is -6.36. The summed E-state index contributed by atoms with van der Waals surface area (Å²) in [6, 6.07) is 4.74. The number of rotatable bonds is 7. The van der Waals surface area contributed by atoms with Crippen molar-refractivity contribution in [3.05, 3.63) is 59.2 Å². The van der Waals surface area contributed by atoms with E-state index in [4.69, 9.17) is 0 Å². The van der Waals surface area contributed by atoms with Crippen molar-refractivity contribution in [2.75, 3.05) is 17.7 Å². The van der Waals surface area contributed by atoms with E-state index in [0.717, 1.165) is 29.9 Å². The Labute approximate surface area is 218 Å². The van der Waals surface area contributed by atoms with Gasteiger partial charge >= 0.3 is 12.4 Å². The standard InChI is InChI=1S/C24H22F6N2O6S/c25-23(26,27)22(36,24(28,29)30)15-3-5-16(6-4-15)31-21(35)20-18-8-7-17(39(37,38)12-13-1-2-13)9-14(18)10-32(20)19(34)11-33/h3-9,13,20,33,36H,1-2,10-12H2,(H,31,35). The average molecular weight is 581 g/mol. The number of benzene rings is 2. The third-order valence-corrected chi connectivity index (χ3v) is 8.55. The molecule has 0 spiro atoms. The minimum Gasteiger partial charge on any atom is -0.387 e. The average Bonchev–Trinajstić information content (AvgIpc) is 3.56. The van der Waals surface area contributed by atoms with Gasteiger partial charge in [-0.2, -0.15) is 26.3 Å². The van der Waals surface area contributed by atoms with E-state index < -0.39 is 57.8 Å². The largest absolute Gasteiger partial charge is 0.430 e. The van der Waals surface area contributed by atoms with Crippen molar-refractivity contribution < 1.29 is 54.6 Å². The number of aliphatic hydroxyl groups is 2. The van der Waals surface area contributed by atoms with Crippen molar-refractivity contribution in [2.24, 2.45) is 5.92 Å². The van der Waals surface area contributed by atoms with Gasteiger partial charge in [0.05, 0.1) is 10.6 Å². The molecule has 1 unspecified atom stereocenters. The molecular formula is C24H22F6N2O6S. The number of nitrogens with zero attached hydrogens (tertiary/aromatic N) is 1. The van der Waals surface area contributed by atoms with Crippen molar-refractivity contribution in [3.63, 3.8) is 0 Å². The first-order valence-electron chi connectivity index (χ1n) is 11.5. The fourth-order valence-electron chi connectivity index (χ4n) is 4.41. The van der Waals surface area contributed by atoms with Crippen LogP contribution in [-0.4, -0.2) is 60.1 Å². The number of anilines is 1. The van der Waals surface area contributed by atoms with Crippen LogP contribution in [0.1, 0.15) is 35.6 Å². The molecule has 212 valence electrons. The molecule has 1 fully saturated rings. The fraction of sp³-hybridized carbons (Fsp3) is 0.417. The molecule has 0 bridgehead atoms. The van der Waals surface area contributed by atoms with Gasteiger partial charge < -0.3 is 20.4 Å². The zero-order valence-electron chi connectivity index (χ0n) is 19.9. The predicted molar refractivity (Wildman–Crippen MR) is 123 cm³/mol. The molecule has 3 N–H and O–H groups in total. The number of carbonyl (C=O) groups is 2. The lowest BCUT2D eigenvalue weighted by atomic mass is 9.92. The van der Waals surface area contributed by atoms with Crippen molar-refractivity contribution in [1.82, 2.24) is 4.90 Å². The predicted octanol–water partition coefficient (Wildman–Crippen LogP) is 3.20. The number of hydrogen-bond acceptors (Lipinski definition) is 6. The topological polar surface area (TPSA) is 124 Å². The van der Waals surface area contributed by atoms with Gasteiger partial charge in [-0.3, -0.25) is 9.59 Å². The molecule has 15 heteroatoms. The van der Waals surface area contributed by atoms with Gasteiger partial charge in [-0.25, -0.2) is 8.42 Å². The van der Waals surface area contributed by atoms with E-state index in [1.165, 1.54) is 18.2 Å². The van der Waals surface area contributed by atoms with E-state index in [2.05, 4.69) is 5.32 Å². The van der Waals surface area contributed by atoms with Crippen LogP contribution >= 0.6 is 0 Å². The van der Waals surface area contributed by atoms with Gasteiger partial charge in [0.2, 0.25) is 5.91 Å². The molecule has 0 saturated heterocycles. The fourth-order valence-corrected chi connectivity index (χ4v) is 6.16. The zero-order valence-corrected chi connectivity index (χ0v) is 20.7. The van der Waals surface area contributed by atoms with Crippen LogP contribution in [0, 0.1) is 5.92 Å². The number of carbonyl (C=O) groups excluding carboxylic acids is 2. The van der Waals surface area contributed by atoms with Crippen LogP contribution in [0.25, 0.3) is 0 Å². The maximum atomic E-state index is 13.1. The molecule has 1 aliphatic heterocycles. The second-order valence-corrected chi connectivity index (χ2v) is 11.5. The highest BCUT2D eigenvalue weighted by Crippen LogP contribution is 2.50. The summed E-state index contributed by atoms with van der Waals surface area (Å²) in [5, 5.41) is 21.2. The Bertz CT molecular complexity index is 1370. The highest BCUT2D eigenvalue weighted by molar-refractivity contribution is 7.91. The van der Waals surface area contributed by atoms with Crippen LogP contribution in [-0.2, 0) is 31.6 Å². The first-order valence-corrected chi connectivity index (χ1v) is 13.2. The van der Waals surface area contributed by atoms with Gasteiger partial charge in [0.25, 0.3) is 11.5 Å². The quantitative estimate of drug-likeness (QED) is 0.433. The summed E-state index contributed by atoms with van der Waals surface area (Å²) in [5.74, 6) is -1.75. The van der Waals surface area contributed by atoms with Crippen LogP contribution in [0.3, 0.4) is 0 Å². The number of nitrogens with one attached hydrogen (secondary N) is 1. The van der Waals surface area contributed by atoms with Gasteiger partial charge in [0, 0.05) is 17.8 Å². The number of sulfone groups is 1. The van der Waals surface area contributed by atoms with Crippen molar-refractivity contribution >= 4 is 27.3 Å². The SMILES string of the molecule is O=C(Nc1ccc(C(O)(C(F)(F)F)C(F)(F)F)cc1)C1c2ccc(S(=O)(=O)CC3CC3)cc2CN1C(=O)CO. The van der Waals surface area contributed by atoms with E-state index in [-0.39, 0.29) is 34.4 Å². The molecule has 1 atom stereocenters. The van der Waals surface area contributed by atoms with E-state index in [9.17, 15) is 54.6 Å². The smallest absolute Gasteiger partial charge is 0.387 e. The summed E-state index contributed by atoms with van der Waals surface area (Å²) < 4.78 is 104. The van der Waals surface area contributed by atoms with Crippen molar-refractivity contribution in [3.8, 4) is 0 Å². The molecule has 0 aromatic heterocycles. The minimum atomic E-state index is -6.08. The lowest BCUT2D eigenvalue weighted by molar-refractivity contribution is -0.376. The van der Waals surface area contributed by atoms with E-state index in [0.29, 0.717) is 17.7 Å². The van der Waals surface area contributed by atoms with Crippen molar-refractivity contribution in [2.45, 2.75) is 48.3 Å². The van der Waals surface area contributed by atoms with Gasteiger partial charge in [-0.1, -0.05) is 18.2 Å². The highest BCUT2D eigenvalue weighted by atomic mass is 32.2. The van der Waals surface area contributed by atoms with E-state index in [1.54, 1.807) is 0 Å². The molecule has 1 aliphatic carbocycles. The summed E-state index contributed by atoms with van der Waals surface area (Å²) in [6.07, 6.45) is -10.6. The molecule has 39 heavy (non-hydrogen) atoms. The van der Waals surface area contributed by atoms with Crippen molar-refractivity contribution in [1.29, 1.82) is 0 Å². The molecule has 1 heterocycles. The van der Waals surface area contributed by atoms with Gasteiger partial charge in [-0.15, -0.1) is 0 Å². The molecule has 8 nitrogen and oxygen atoms in total. The number of amides is 2. The Morgan fingerprint density at radius 3 is 2.08 bits per heavy atom. The Morgan fingerprint density at radius 1 is 0.974 bits per heavy atom. The number of halogens is 6. The molecule has 2 aromatic rings. The Morgan fingerprint density at radius 2 is 1.56 bits per heavy atom. The van der Waals surface area contributed by atoms with E-state index >= 15 is 0 Å². The van der Waals surface area contributed by atoms with Gasteiger partial charge in [0.15, 0.2) is 9.84 Å². The number of alkyl halides is 6. The summed E-state index contributed by atoms with van der Waals surface area (Å²) in [7, 11) is -3.62. The van der Waals surface area contributed by atoms with Crippen LogP contribution in [0.2, 0.25) is 0 Å². The normalized spacial score (nSPS) is 18.2. The van der Waals surface area contributed by atoms with Gasteiger partial charge in [-0.05, 0) is 54.2 Å². The second-order valence-electron chi connectivity index (χ2n) is 9.44. The molecule has 0 radical (unpaired) electrons. The second kappa shape index (κ2) is 9.78. The maximum absolute atomic E-state index is 13.1. The molecule has 2 amide bonds. The number of aliphatic hydroxyl groups excluding tert-OH is 1. The summed E-state index contributed by atoms with van der Waals surface area (Å²) in [4.78, 5) is 26.5. The monoisotopic (exact) mass is 580 g/mol. The number of hydrogen-bond donors (Lipinski definition) is 3. The first kappa shape index (κ1) is 28.8. The molecule has 1 saturated carbocycles. The van der Waals surface area contributed by atoms with E-state index in [1.807, 2.05) is 0 Å². The molecule has 4 rings (SSSR count). The van der Waals surface area contributed by atoms with Crippen LogP contribution in [0.4, 0.5) is 32.0 Å². The Balaban J connectivity index is 1.61. The summed E-state index contributed by atoms with van der Waals surface area (Å²) in [6.45, 7) is -1.20. The Kier molecular flexibility index (Phi) is 7.23. The maximum Gasteiger partial charge on any atom is 0.430 e. The lowest BCUT2D eigenvalue weighted by Crippen LogP contribution is -2.53. The third kappa shape index (κ3) is 5.34. The first-order chi connectivity index (χ1) is 18.0. The number of fused-ring (bicyclic) bond motifs is 1. The molecule has 2 aliphatic rings. The highest BCUT2D eigenvalue weighted by Gasteiger charge is 2.71. The zero-order chi connectivity index (χ0) is 29.0. The summed E-state index contributed by atoms with van der Waals surface area (Å²) >= 11 is 0. The van der Waals surface area contributed by atoms with Gasteiger partial charge in [0.1, 0.15) is 12.6 Å². The van der Waals surface area contributed by atoms with Crippen LogP contribution in [0.15, 0.2) is 47.4 Å². The van der Waals surface area contributed by atoms with Crippen LogP contribution in [0.5, 0.6) is 0 Å².